The molecule has 1 aromatic carbocycles. The Morgan fingerprint density at radius 3 is 2.52 bits per heavy atom. The Labute approximate surface area is 126 Å². The Morgan fingerprint density at radius 1 is 1.26 bits per heavy atom. The summed E-state index contributed by atoms with van der Waals surface area (Å²) in [5.41, 5.74) is 8.15. The molecule has 0 amide bonds. The van der Waals surface area contributed by atoms with Crippen molar-refractivity contribution in [2.75, 3.05) is 0 Å². The highest BCUT2D eigenvalue weighted by atomic mass is 19.2. The second-order valence-electron chi connectivity index (χ2n) is 4.11. The van der Waals surface area contributed by atoms with Gasteiger partial charge < -0.3 is 4.74 Å². The topological polar surface area (TPSA) is 88.0 Å². The first kappa shape index (κ1) is 16.2. The van der Waals surface area contributed by atoms with E-state index in [1.807, 2.05) is 0 Å². The summed E-state index contributed by atoms with van der Waals surface area (Å²) in [5.74, 6) is -9.95. The van der Waals surface area contributed by atoms with Gasteiger partial charge in [0.2, 0.25) is 17.4 Å². The average Bonchev–Trinajstić information content (AvgIpc) is 2.55. The van der Waals surface area contributed by atoms with Crippen molar-refractivity contribution in [3.05, 3.63) is 69.4 Å². The van der Waals surface area contributed by atoms with Crippen LogP contribution in [0.4, 0.5) is 17.6 Å². The number of nitrogens with zero attached hydrogens (tertiary/aromatic N) is 4. The van der Waals surface area contributed by atoms with Crippen molar-refractivity contribution in [1.29, 1.82) is 0 Å². The first-order valence-electron chi connectivity index (χ1n) is 5.94. The van der Waals surface area contributed by atoms with Gasteiger partial charge in [0.25, 0.3) is 0 Å². The Balaban J connectivity index is 2.39. The molecule has 118 valence electrons. The molecule has 0 fully saturated rings. The highest BCUT2D eigenvalue weighted by molar-refractivity contribution is 5.92. The third-order valence-corrected chi connectivity index (χ3v) is 2.70. The van der Waals surface area contributed by atoms with E-state index in [2.05, 4.69) is 19.7 Å². The van der Waals surface area contributed by atoms with Crippen LogP contribution in [0.15, 0.2) is 29.6 Å². The Bertz CT molecular complexity index is 796. The molecule has 0 bridgehead atoms. The maximum atomic E-state index is 13.5. The lowest BCUT2D eigenvalue weighted by atomic mass is 10.1. The van der Waals surface area contributed by atoms with E-state index < -0.39 is 35.0 Å². The van der Waals surface area contributed by atoms with Gasteiger partial charge in [-0.3, -0.25) is 4.98 Å². The van der Waals surface area contributed by atoms with Crippen molar-refractivity contribution < 1.29 is 27.1 Å². The maximum absolute atomic E-state index is 13.5. The minimum absolute atomic E-state index is 0.0147. The summed E-state index contributed by atoms with van der Waals surface area (Å²) in [6.07, 6.45) is 2.28. The highest BCUT2D eigenvalue weighted by Crippen LogP contribution is 2.27. The molecule has 0 atom stereocenters. The fraction of sp³-hybridized carbons (Fsp3) is 0.0769. The monoisotopic (exact) mass is 326 g/mol. The van der Waals surface area contributed by atoms with Gasteiger partial charge >= 0.3 is 5.97 Å². The van der Waals surface area contributed by atoms with E-state index >= 15 is 0 Å². The number of halogens is 4. The van der Waals surface area contributed by atoms with Gasteiger partial charge in [0.15, 0.2) is 11.6 Å². The van der Waals surface area contributed by atoms with Crippen LogP contribution in [0.3, 0.4) is 0 Å². The zero-order valence-electron chi connectivity index (χ0n) is 11.1. The molecule has 0 saturated carbocycles. The van der Waals surface area contributed by atoms with Crippen molar-refractivity contribution >= 4 is 5.97 Å². The number of hydrogen-bond acceptors (Lipinski definition) is 4. The first-order chi connectivity index (χ1) is 11.0. The molecule has 0 aliphatic heterocycles. The Morgan fingerprint density at radius 2 is 1.91 bits per heavy atom. The number of carbonyl (C=O) groups is 1. The number of rotatable bonds is 4. The number of ether oxygens (including phenoxy) is 1. The van der Waals surface area contributed by atoms with E-state index in [1.165, 1.54) is 12.3 Å². The molecule has 0 radical (unpaired) electrons. The van der Waals surface area contributed by atoms with Crippen molar-refractivity contribution in [3.63, 3.8) is 0 Å². The second kappa shape index (κ2) is 6.75. The van der Waals surface area contributed by atoms with E-state index in [4.69, 9.17) is 5.53 Å². The highest BCUT2D eigenvalue weighted by Gasteiger charge is 2.24. The molecule has 2 rings (SSSR count). The van der Waals surface area contributed by atoms with Crippen molar-refractivity contribution in [3.8, 4) is 5.75 Å². The maximum Gasteiger partial charge on any atom is 0.345 e. The summed E-state index contributed by atoms with van der Waals surface area (Å²) < 4.78 is 57.5. The van der Waals surface area contributed by atoms with E-state index in [1.54, 1.807) is 0 Å². The van der Waals surface area contributed by atoms with Gasteiger partial charge in [-0.15, -0.1) is 0 Å². The van der Waals surface area contributed by atoms with Crippen LogP contribution in [0.1, 0.15) is 15.9 Å². The largest absolute Gasteiger partial charge is 0.416 e. The van der Waals surface area contributed by atoms with Gasteiger partial charge in [0.1, 0.15) is 0 Å². The van der Waals surface area contributed by atoms with Crippen LogP contribution in [-0.2, 0) is 6.54 Å². The van der Waals surface area contributed by atoms with Gasteiger partial charge in [0.05, 0.1) is 12.1 Å². The van der Waals surface area contributed by atoms with Crippen LogP contribution >= 0.6 is 0 Å². The normalized spacial score (nSPS) is 10.1. The molecule has 10 heteroatoms. The van der Waals surface area contributed by atoms with Gasteiger partial charge in [-0.05, 0) is 17.2 Å². The Kier molecular flexibility index (Phi) is 4.77. The van der Waals surface area contributed by atoms with Crippen LogP contribution in [0, 0.1) is 23.3 Å². The van der Waals surface area contributed by atoms with E-state index in [-0.39, 0.29) is 23.7 Å². The van der Waals surface area contributed by atoms with Crippen LogP contribution in [-0.4, -0.2) is 11.0 Å². The molecule has 0 aliphatic rings. The minimum Gasteiger partial charge on any atom is -0.416 e. The van der Waals surface area contributed by atoms with Crippen LogP contribution in [0.5, 0.6) is 5.75 Å². The zero-order chi connectivity index (χ0) is 17.0. The number of benzene rings is 1. The molecule has 2 aromatic rings. The smallest absolute Gasteiger partial charge is 0.345 e. The Hall–Kier alpha value is -3.13. The molecule has 0 saturated heterocycles. The van der Waals surface area contributed by atoms with Gasteiger partial charge in [-0.2, -0.15) is 8.78 Å². The molecule has 6 nitrogen and oxygen atoms in total. The lowest BCUT2D eigenvalue weighted by Gasteiger charge is -2.09. The van der Waals surface area contributed by atoms with E-state index in [0.29, 0.717) is 0 Å². The predicted molar refractivity (Wildman–Crippen MR) is 68.3 cm³/mol. The fourth-order valence-electron chi connectivity index (χ4n) is 1.64. The molecular weight excluding hydrogens is 320 g/mol. The molecular formula is C13H6F4N4O2. The quantitative estimate of drug-likeness (QED) is 0.163. The number of pyridine rings is 1. The minimum atomic E-state index is -1.85. The summed E-state index contributed by atoms with van der Waals surface area (Å²) in [6.45, 7) is -0.258. The molecule has 0 spiro atoms. The number of azide groups is 1. The van der Waals surface area contributed by atoms with Crippen molar-refractivity contribution in [2.45, 2.75) is 6.54 Å². The zero-order valence-corrected chi connectivity index (χ0v) is 11.1. The summed E-state index contributed by atoms with van der Waals surface area (Å²) >= 11 is 0. The van der Waals surface area contributed by atoms with Crippen molar-refractivity contribution in [1.82, 2.24) is 4.98 Å². The van der Waals surface area contributed by atoms with Gasteiger partial charge in [-0.1, -0.05) is 5.11 Å². The van der Waals surface area contributed by atoms with Crippen LogP contribution in [0.25, 0.3) is 10.4 Å². The molecule has 0 N–H and O–H groups in total. The molecule has 1 aromatic heterocycles. The summed E-state index contributed by atoms with van der Waals surface area (Å²) in [4.78, 5) is 18.1. The molecule has 23 heavy (non-hydrogen) atoms. The standard InChI is InChI=1S/C13H6F4N4O2/c14-8-3-9(15)11(17)12(10(8)16)23-13(22)7-5-19-2-1-6(7)4-20-21-18/h1-3,5H,4H2. The number of carbonyl (C=O) groups excluding carboxylic acids is 1. The molecule has 0 aliphatic carbocycles. The first-order valence-corrected chi connectivity index (χ1v) is 5.94. The van der Waals surface area contributed by atoms with Gasteiger partial charge in [-0.25, -0.2) is 13.6 Å². The van der Waals surface area contributed by atoms with Crippen molar-refractivity contribution in [2.24, 2.45) is 5.11 Å². The lowest BCUT2D eigenvalue weighted by molar-refractivity contribution is 0.0715. The SMILES string of the molecule is [N-]=[N+]=NCc1ccncc1C(=O)Oc1c(F)c(F)cc(F)c1F. The third kappa shape index (κ3) is 3.38. The number of esters is 1. The molecule has 1 heterocycles. The second-order valence-corrected chi connectivity index (χ2v) is 4.11. The van der Waals surface area contributed by atoms with Gasteiger partial charge in [0, 0.05) is 23.4 Å². The third-order valence-electron chi connectivity index (χ3n) is 2.70. The fourth-order valence-corrected chi connectivity index (χ4v) is 1.64. The lowest BCUT2D eigenvalue weighted by Crippen LogP contribution is -2.14. The number of hydrogen-bond donors (Lipinski definition) is 0. The van der Waals surface area contributed by atoms with E-state index in [0.717, 1.165) is 6.20 Å². The predicted octanol–water partition coefficient (Wildman–Crippen LogP) is 3.67. The van der Waals surface area contributed by atoms with Crippen LogP contribution < -0.4 is 4.74 Å². The summed E-state index contributed by atoms with van der Waals surface area (Å²) in [7, 11) is 0. The summed E-state index contributed by atoms with van der Waals surface area (Å²) in [5, 5.41) is 3.23. The number of aromatic nitrogens is 1. The summed E-state index contributed by atoms with van der Waals surface area (Å²) in [6, 6.07) is 1.29. The van der Waals surface area contributed by atoms with E-state index in [9.17, 15) is 22.4 Å². The average molecular weight is 326 g/mol. The van der Waals surface area contributed by atoms with Crippen LogP contribution in [0.2, 0.25) is 0 Å². The molecule has 0 unspecified atom stereocenters.